The van der Waals surface area contributed by atoms with Crippen LogP contribution in [0.4, 0.5) is 0 Å². The summed E-state index contributed by atoms with van der Waals surface area (Å²) in [6.45, 7) is 8.50. The van der Waals surface area contributed by atoms with Crippen LogP contribution in [0.3, 0.4) is 0 Å². The van der Waals surface area contributed by atoms with E-state index in [1.54, 1.807) is 0 Å². The minimum Gasteiger partial charge on any atom is -0.310 e. The minimum atomic E-state index is 0.448. The van der Waals surface area contributed by atoms with Crippen LogP contribution in [0.2, 0.25) is 0 Å². The smallest absolute Gasteiger partial charge is 0.00868 e. The summed E-state index contributed by atoms with van der Waals surface area (Å²) in [5.41, 5.74) is 0.805. The van der Waals surface area contributed by atoms with Crippen LogP contribution in [0.15, 0.2) is 0 Å². The Labute approximate surface area is 76.5 Å². The topological polar surface area (TPSA) is 27.1 Å². The fraction of sp³-hybridized carbons (Fsp3) is 0.900. The molecule has 0 aliphatic carbocycles. The van der Waals surface area contributed by atoms with Crippen molar-refractivity contribution in [2.75, 3.05) is 20.1 Å². The molecule has 1 unspecified atom stereocenters. The summed E-state index contributed by atoms with van der Waals surface area (Å²) in [4.78, 5) is 2.33. The lowest BCUT2D eigenvalue weighted by atomic mass is 10.0. The molecule has 0 fully saturated rings. The SMILES string of the molecule is CCCN(C)CCC(C)C(C)=N. The maximum atomic E-state index is 7.43. The first-order chi connectivity index (χ1) is 5.57. The quantitative estimate of drug-likeness (QED) is 0.609. The van der Waals surface area contributed by atoms with Gasteiger partial charge in [-0.1, -0.05) is 13.8 Å². The Morgan fingerprint density at radius 3 is 2.42 bits per heavy atom. The molecule has 1 N–H and O–H groups in total. The van der Waals surface area contributed by atoms with Crippen LogP contribution in [0.5, 0.6) is 0 Å². The summed E-state index contributed by atoms with van der Waals surface area (Å²) >= 11 is 0. The van der Waals surface area contributed by atoms with E-state index in [1.165, 1.54) is 13.0 Å². The molecule has 0 bridgehead atoms. The van der Waals surface area contributed by atoms with Crippen LogP contribution in [-0.4, -0.2) is 30.7 Å². The molecule has 12 heavy (non-hydrogen) atoms. The first kappa shape index (κ1) is 11.6. The number of rotatable bonds is 6. The van der Waals surface area contributed by atoms with Gasteiger partial charge in [0.1, 0.15) is 0 Å². The van der Waals surface area contributed by atoms with Gasteiger partial charge < -0.3 is 10.3 Å². The highest BCUT2D eigenvalue weighted by molar-refractivity contribution is 5.80. The van der Waals surface area contributed by atoms with Crippen molar-refractivity contribution in [3.63, 3.8) is 0 Å². The molecule has 0 aliphatic rings. The molecule has 0 heterocycles. The third kappa shape index (κ3) is 5.30. The minimum absolute atomic E-state index is 0.448. The van der Waals surface area contributed by atoms with Gasteiger partial charge in [-0.25, -0.2) is 0 Å². The molecule has 0 saturated heterocycles. The maximum Gasteiger partial charge on any atom is 0.00868 e. The zero-order valence-corrected chi connectivity index (χ0v) is 8.85. The first-order valence-electron chi connectivity index (χ1n) is 4.81. The average molecular weight is 170 g/mol. The van der Waals surface area contributed by atoms with Crippen LogP contribution >= 0.6 is 0 Å². The Morgan fingerprint density at radius 2 is 2.00 bits per heavy atom. The second kappa shape index (κ2) is 6.18. The van der Waals surface area contributed by atoms with Crippen molar-refractivity contribution in [2.45, 2.75) is 33.6 Å². The van der Waals surface area contributed by atoms with E-state index >= 15 is 0 Å². The number of nitrogens with one attached hydrogen (secondary N) is 1. The van der Waals surface area contributed by atoms with Crippen molar-refractivity contribution in [3.8, 4) is 0 Å². The standard InChI is InChI=1S/C10H22N2/c1-5-7-12(4)8-6-9(2)10(3)11/h9,11H,5-8H2,1-4H3. The largest absolute Gasteiger partial charge is 0.310 e. The van der Waals surface area contributed by atoms with Gasteiger partial charge in [-0.05, 0) is 45.8 Å². The monoisotopic (exact) mass is 170 g/mol. The molecule has 0 aromatic carbocycles. The van der Waals surface area contributed by atoms with E-state index in [9.17, 15) is 0 Å². The Morgan fingerprint density at radius 1 is 1.42 bits per heavy atom. The zero-order chi connectivity index (χ0) is 9.56. The summed E-state index contributed by atoms with van der Waals surface area (Å²) in [5, 5.41) is 7.43. The molecule has 0 radical (unpaired) electrons. The molecule has 2 nitrogen and oxygen atoms in total. The van der Waals surface area contributed by atoms with Gasteiger partial charge in [0.15, 0.2) is 0 Å². The van der Waals surface area contributed by atoms with Crippen molar-refractivity contribution < 1.29 is 0 Å². The lowest BCUT2D eigenvalue weighted by Gasteiger charge is -2.17. The van der Waals surface area contributed by atoms with Gasteiger partial charge in [-0.15, -0.1) is 0 Å². The van der Waals surface area contributed by atoms with Gasteiger partial charge in [0.2, 0.25) is 0 Å². The predicted molar refractivity (Wildman–Crippen MR) is 55.0 cm³/mol. The number of nitrogens with zero attached hydrogens (tertiary/aromatic N) is 1. The zero-order valence-electron chi connectivity index (χ0n) is 8.85. The Hall–Kier alpha value is -0.370. The second-order valence-electron chi connectivity index (χ2n) is 3.68. The van der Waals surface area contributed by atoms with Gasteiger partial charge in [-0.3, -0.25) is 0 Å². The van der Waals surface area contributed by atoms with Crippen molar-refractivity contribution >= 4 is 5.71 Å². The Balaban J connectivity index is 3.46. The molecule has 0 aromatic rings. The van der Waals surface area contributed by atoms with Crippen molar-refractivity contribution in [2.24, 2.45) is 5.92 Å². The van der Waals surface area contributed by atoms with E-state index < -0.39 is 0 Å². The van der Waals surface area contributed by atoms with Crippen molar-refractivity contribution in [1.29, 1.82) is 5.41 Å². The first-order valence-corrected chi connectivity index (χ1v) is 4.81. The summed E-state index contributed by atoms with van der Waals surface area (Å²) in [6, 6.07) is 0. The highest BCUT2D eigenvalue weighted by atomic mass is 15.1. The fourth-order valence-corrected chi connectivity index (χ4v) is 1.12. The Bertz CT molecular complexity index is 132. The van der Waals surface area contributed by atoms with Crippen LogP contribution < -0.4 is 0 Å². The molecule has 0 spiro atoms. The van der Waals surface area contributed by atoms with Crippen LogP contribution in [0.1, 0.15) is 33.6 Å². The predicted octanol–water partition coefficient (Wildman–Crippen LogP) is 2.39. The van der Waals surface area contributed by atoms with Gasteiger partial charge in [0, 0.05) is 5.71 Å². The normalized spacial score (nSPS) is 13.4. The highest BCUT2D eigenvalue weighted by Gasteiger charge is 2.05. The summed E-state index contributed by atoms with van der Waals surface area (Å²) in [6.07, 6.45) is 2.33. The fourth-order valence-electron chi connectivity index (χ4n) is 1.12. The van der Waals surface area contributed by atoms with Gasteiger partial charge in [0.25, 0.3) is 0 Å². The van der Waals surface area contributed by atoms with Gasteiger partial charge in [0.05, 0.1) is 0 Å². The maximum absolute atomic E-state index is 7.43. The number of hydrogen-bond donors (Lipinski definition) is 1. The second-order valence-corrected chi connectivity index (χ2v) is 3.68. The average Bonchev–Trinajstić information content (AvgIpc) is 2.00. The molecule has 0 rings (SSSR count). The van der Waals surface area contributed by atoms with E-state index in [0.29, 0.717) is 5.92 Å². The van der Waals surface area contributed by atoms with E-state index in [-0.39, 0.29) is 0 Å². The summed E-state index contributed by atoms with van der Waals surface area (Å²) < 4.78 is 0. The lowest BCUT2D eigenvalue weighted by Crippen LogP contribution is -2.23. The van der Waals surface area contributed by atoms with Crippen LogP contribution in [0.25, 0.3) is 0 Å². The Kier molecular flexibility index (Phi) is 5.99. The molecule has 0 saturated carbocycles. The van der Waals surface area contributed by atoms with Crippen LogP contribution in [-0.2, 0) is 0 Å². The highest BCUT2D eigenvalue weighted by Crippen LogP contribution is 2.04. The molecule has 1 atom stereocenters. The van der Waals surface area contributed by atoms with E-state index in [2.05, 4.69) is 25.8 Å². The number of hydrogen-bond acceptors (Lipinski definition) is 2. The van der Waals surface area contributed by atoms with E-state index in [0.717, 1.165) is 18.7 Å². The van der Waals surface area contributed by atoms with E-state index in [4.69, 9.17) is 5.41 Å². The third-order valence-electron chi connectivity index (χ3n) is 2.29. The molecule has 72 valence electrons. The van der Waals surface area contributed by atoms with Crippen LogP contribution in [0, 0.1) is 11.3 Å². The molecule has 0 aromatic heterocycles. The molecular formula is C10H22N2. The molecule has 0 amide bonds. The summed E-state index contributed by atoms with van der Waals surface area (Å²) in [5.74, 6) is 0.448. The molecule has 2 heteroatoms. The van der Waals surface area contributed by atoms with Crippen molar-refractivity contribution in [3.05, 3.63) is 0 Å². The lowest BCUT2D eigenvalue weighted by molar-refractivity contribution is 0.320. The molecular weight excluding hydrogens is 148 g/mol. The van der Waals surface area contributed by atoms with Gasteiger partial charge in [-0.2, -0.15) is 0 Å². The summed E-state index contributed by atoms with van der Waals surface area (Å²) in [7, 11) is 2.15. The van der Waals surface area contributed by atoms with E-state index in [1.807, 2.05) is 6.92 Å². The van der Waals surface area contributed by atoms with Gasteiger partial charge >= 0.3 is 0 Å². The van der Waals surface area contributed by atoms with Crippen molar-refractivity contribution in [1.82, 2.24) is 4.90 Å². The molecule has 0 aliphatic heterocycles. The third-order valence-corrected chi connectivity index (χ3v) is 2.29.